The van der Waals surface area contributed by atoms with Gasteiger partial charge in [0.25, 0.3) is 0 Å². The lowest BCUT2D eigenvalue weighted by molar-refractivity contribution is 0.845. The van der Waals surface area contributed by atoms with Crippen LogP contribution in [0.3, 0.4) is 0 Å². The fourth-order valence-corrected chi connectivity index (χ4v) is 2.38. The predicted molar refractivity (Wildman–Crippen MR) is 89.3 cm³/mol. The lowest BCUT2D eigenvalue weighted by Gasteiger charge is -2.16. The Bertz CT molecular complexity index is 581. The zero-order chi connectivity index (χ0) is 15.2. The van der Waals surface area contributed by atoms with Crippen LogP contribution < -0.4 is 10.6 Å². The molecule has 0 radical (unpaired) electrons. The standard InChI is InChI=1S/C16H21ClN4/c1-11(2)14-15(18-3)20-10-21-16(14)19-9-8-12-4-6-13(17)7-5-12/h4-7,10-11H,8-9H2,1-3H3,(H2,18,19,20,21). The summed E-state index contributed by atoms with van der Waals surface area (Å²) in [4.78, 5) is 8.65. The molecule has 2 rings (SSSR count). The molecule has 0 aliphatic carbocycles. The molecule has 2 aromatic rings. The molecule has 0 fully saturated rings. The van der Waals surface area contributed by atoms with Gasteiger partial charge in [-0.15, -0.1) is 0 Å². The molecular formula is C16H21ClN4. The van der Waals surface area contributed by atoms with Gasteiger partial charge in [0, 0.05) is 24.2 Å². The van der Waals surface area contributed by atoms with Crippen molar-refractivity contribution >= 4 is 23.2 Å². The smallest absolute Gasteiger partial charge is 0.134 e. The van der Waals surface area contributed by atoms with Gasteiger partial charge in [-0.3, -0.25) is 0 Å². The number of anilines is 2. The van der Waals surface area contributed by atoms with E-state index >= 15 is 0 Å². The van der Waals surface area contributed by atoms with Crippen molar-refractivity contribution in [1.82, 2.24) is 9.97 Å². The first-order chi connectivity index (χ1) is 10.1. The number of nitrogens with one attached hydrogen (secondary N) is 2. The van der Waals surface area contributed by atoms with Crippen molar-refractivity contribution in [2.45, 2.75) is 26.2 Å². The lowest BCUT2D eigenvalue weighted by atomic mass is 10.0. The van der Waals surface area contributed by atoms with Gasteiger partial charge >= 0.3 is 0 Å². The minimum Gasteiger partial charge on any atom is -0.373 e. The quantitative estimate of drug-likeness (QED) is 0.848. The molecule has 0 aliphatic heterocycles. The molecule has 1 heterocycles. The highest BCUT2D eigenvalue weighted by Gasteiger charge is 2.13. The second-order valence-electron chi connectivity index (χ2n) is 5.19. The third-order valence-corrected chi connectivity index (χ3v) is 3.57. The molecule has 0 saturated carbocycles. The van der Waals surface area contributed by atoms with Crippen LogP contribution in [0.1, 0.15) is 30.9 Å². The van der Waals surface area contributed by atoms with E-state index in [0.717, 1.165) is 35.2 Å². The summed E-state index contributed by atoms with van der Waals surface area (Å²) in [5, 5.41) is 7.30. The summed E-state index contributed by atoms with van der Waals surface area (Å²) in [5.74, 6) is 2.14. The maximum atomic E-state index is 5.89. The van der Waals surface area contributed by atoms with E-state index in [1.54, 1.807) is 6.33 Å². The van der Waals surface area contributed by atoms with Gasteiger partial charge in [0.05, 0.1) is 0 Å². The highest BCUT2D eigenvalue weighted by atomic mass is 35.5. The van der Waals surface area contributed by atoms with Crippen LogP contribution >= 0.6 is 11.6 Å². The molecule has 0 amide bonds. The second-order valence-corrected chi connectivity index (χ2v) is 5.63. The summed E-state index contributed by atoms with van der Waals surface area (Å²) in [6, 6.07) is 7.93. The molecule has 5 heteroatoms. The number of nitrogens with zero attached hydrogens (tertiary/aromatic N) is 2. The molecule has 1 aromatic heterocycles. The summed E-state index contributed by atoms with van der Waals surface area (Å²) in [6.07, 6.45) is 2.51. The van der Waals surface area contributed by atoms with E-state index in [-0.39, 0.29) is 0 Å². The Balaban J connectivity index is 2.04. The van der Waals surface area contributed by atoms with Crippen molar-refractivity contribution < 1.29 is 0 Å². The van der Waals surface area contributed by atoms with Gasteiger partial charge in [-0.25, -0.2) is 9.97 Å². The number of benzene rings is 1. The monoisotopic (exact) mass is 304 g/mol. The summed E-state index contributed by atoms with van der Waals surface area (Å²) in [6.45, 7) is 5.11. The molecule has 0 bridgehead atoms. The maximum Gasteiger partial charge on any atom is 0.134 e. The van der Waals surface area contributed by atoms with Gasteiger partial charge in [0.2, 0.25) is 0 Å². The van der Waals surface area contributed by atoms with Crippen molar-refractivity contribution in [3.63, 3.8) is 0 Å². The Labute approximate surface area is 131 Å². The molecule has 112 valence electrons. The SMILES string of the molecule is CNc1ncnc(NCCc2ccc(Cl)cc2)c1C(C)C. The molecule has 4 nitrogen and oxygen atoms in total. The Morgan fingerprint density at radius 1 is 1.10 bits per heavy atom. The first-order valence-electron chi connectivity index (χ1n) is 7.12. The molecular weight excluding hydrogens is 284 g/mol. The molecule has 0 atom stereocenters. The van der Waals surface area contributed by atoms with Crippen LogP contribution in [0.25, 0.3) is 0 Å². The van der Waals surface area contributed by atoms with Crippen molar-refractivity contribution in [2.24, 2.45) is 0 Å². The first kappa shape index (κ1) is 15.6. The van der Waals surface area contributed by atoms with E-state index in [2.05, 4.69) is 34.4 Å². The van der Waals surface area contributed by atoms with Gasteiger partial charge < -0.3 is 10.6 Å². The predicted octanol–water partition coefficient (Wildman–Crippen LogP) is 3.95. The summed E-state index contributed by atoms with van der Waals surface area (Å²) in [5.41, 5.74) is 2.37. The van der Waals surface area contributed by atoms with Crippen LogP contribution in [-0.2, 0) is 6.42 Å². The lowest BCUT2D eigenvalue weighted by Crippen LogP contribution is -2.12. The Morgan fingerprint density at radius 3 is 2.38 bits per heavy atom. The Morgan fingerprint density at radius 2 is 1.76 bits per heavy atom. The van der Waals surface area contributed by atoms with Crippen LogP contribution in [0.5, 0.6) is 0 Å². The average Bonchev–Trinajstić information content (AvgIpc) is 2.48. The van der Waals surface area contributed by atoms with Crippen molar-refractivity contribution in [2.75, 3.05) is 24.2 Å². The normalized spacial score (nSPS) is 10.7. The van der Waals surface area contributed by atoms with Crippen molar-refractivity contribution in [3.05, 3.63) is 46.7 Å². The fourth-order valence-electron chi connectivity index (χ4n) is 2.26. The van der Waals surface area contributed by atoms with Crippen molar-refractivity contribution in [3.8, 4) is 0 Å². The van der Waals surface area contributed by atoms with Crippen molar-refractivity contribution in [1.29, 1.82) is 0 Å². The Hall–Kier alpha value is -1.81. The van der Waals surface area contributed by atoms with Crippen LogP contribution in [0.4, 0.5) is 11.6 Å². The average molecular weight is 305 g/mol. The third-order valence-electron chi connectivity index (χ3n) is 3.32. The second kappa shape index (κ2) is 7.27. The molecule has 0 unspecified atom stereocenters. The number of hydrogen-bond acceptors (Lipinski definition) is 4. The molecule has 0 saturated heterocycles. The number of aromatic nitrogens is 2. The van der Waals surface area contributed by atoms with E-state index in [1.165, 1.54) is 5.56 Å². The molecule has 21 heavy (non-hydrogen) atoms. The zero-order valence-electron chi connectivity index (χ0n) is 12.7. The molecule has 0 aliphatic rings. The van der Waals surface area contributed by atoms with Gasteiger partial charge in [0.15, 0.2) is 0 Å². The largest absolute Gasteiger partial charge is 0.373 e. The highest BCUT2D eigenvalue weighted by Crippen LogP contribution is 2.27. The first-order valence-corrected chi connectivity index (χ1v) is 7.50. The van der Waals surface area contributed by atoms with Crippen LogP contribution in [-0.4, -0.2) is 23.6 Å². The van der Waals surface area contributed by atoms with E-state index in [4.69, 9.17) is 11.6 Å². The molecule has 1 aromatic carbocycles. The molecule has 2 N–H and O–H groups in total. The number of halogens is 1. The Kier molecular flexibility index (Phi) is 5.39. The van der Waals surface area contributed by atoms with Gasteiger partial charge in [-0.1, -0.05) is 37.6 Å². The summed E-state index contributed by atoms with van der Waals surface area (Å²) >= 11 is 5.89. The van der Waals surface area contributed by atoms with Crippen LogP contribution in [0.15, 0.2) is 30.6 Å². The van der Waals surface area contributed by atoms with Crippen LogP contribution in [0, 0.1) is 0 Å². The van der Waals surface area contributed by atoms with Crippen LogP contribution in [0.2, 0.25) is 5.02 Å². The zero-order valence-corrected chi connectivity index (χ0v) is 13.4. The fraction of sp³-hybridized carbons (Fsp3) is 0.375. The topological polar surface area (TPSA) is 49.8 Å². The van der Waals surface area contributed by atoms with E-state index < -0.39 is 0 Å². The van der Waals surface area contributed by atoms with Gasteiger partial charge in [0.1, 0.15) is 18.0 Å². The van der Waals surface area contributed by atoms with E-state index in [0.29, 0.717) is 5.92 Å². The van der Waals surface area contributed by atoms with E-state index in [9.17, 15) is 0 Å². The minimum atomic E-state index is 0.353. The molecule has 0 spiro atoms. The number of hydrogen-bond donors (Lipinski definition) is 2. The number of rotatable bonds is 6. The van der Waals surface area contributed by atoms with Gasteiger partial charge in [-0.2, -0.15) is 0 Å². The minimum absolute atomic E-state index is 0.353. The highest BCUT2D eigenvalue weighted by molar-refractivity contribution is 6.30. The maximum absolute atomic E-state index is 5.89. The van der Waals surface area contributed by atoms with E-state index in [1.807, 2.05) is 31.3 Å². The van der Waals surface area contributed by atoms with Gasteiger partial charge in [-0.05, 0) is 30.0 Å². The summed E-state index contributed by atoms with van der Waals surface area (Å²) in [7, 11) is 1.88. The third kappa shape index (κ3) is 4.08. The summed E-state index contributed by atoms with van der Waals surface area (Å²) < 4.78 is 0.